The average Bonchev–Trinajstić information content (AvgIpc) is 2.94. The van der Waals surface area contributed by atoms with Gasteiger partial charge in [0.25, 0.3) is 0 Å². The van der Waals surface area contributed by atoms with Gasteiger partial charge in [-0.1, -0.05) is 41.4 Å². The molecule has 3 aromatic rings. The Morgan fingerprint density at radius 1 is 1.18 bits per heavy atom. The number of aromatic nitrogens is 1. The average molecular weight is 419 g/mol. The maximum atomic E-state index is 14.8. The minimum absolute atomic E-state index is 0.153. The molecule has 0 amide bonds. The summed E-state index contributed by atoms with van der Waals surface area (Å²) in [5.74, 6) is 0. The predicted molar refractivity (Wildman–Crippen MR) is 116 cm³/mol. The Balaban J connectivity index is 1.98. The Hall–Kier alpha value is -1.55. The number of aryl methyl sites for hydroxylation is 1. The van der Waals surface area contributed by atoms with E-state index in [1.807, 2.05) is 25.1 Å². The van der Waals surface area contributed by atoms with Crippen molar-refractivity contribution >= 4 is 34.1 Å². The van der Waals surface area contributed by atoms with E-state index in [4.69, 9.17) is 23.2 Å². The normalized spacial score (nSPS) is 20.5. The fourth-order valence-electron chi connectivity index (χ4n) is 4.47. The number of hydrogen-bond donors (Lipinski definition) is 1. The van der Waals surface area contributed by atoms with Crippen LogP contribution in [-0.4, -0.2) is 28.1 Å². The van der Waals surface area contributed by atoms with Crippen LogP contribution in [0.3, 0.4) is 0 Å². The number of nitrogens with one attached hydrogen (secondary N) is 1. The van der Waals surface area contributed by atoms with Crippen LogP contribution in [0.4, 0.5) is 4.39 Å². The minimum Gasteiger partial charge on any atom is -0.357 e. The maximum Gasteiger partial charge on any atom is 0.118 e. The van der Waals surface area contributed by atoms with Gasteiger partial charge in [0.05, 0.1) is 6.04 Å². The molecule has 0 bridgehead atoms. The number of H-pyrrole nitrogens is 1. The molecule has 1 aromatic heterocycles. The van der Waals surface area contributed by atoms with Crippen LogP contribution in [0.25, 0.3) is 10.9 Å². The predicted octanol–water partition coefficient (Wildman–Crippen LogP) is 6.87. The Labute approximate surface area is 175 Å². The van der Waals surface area contributed by atoms with Crippen LogP contribution in [0, 0.1) is 6.92 Å². The highest BCUT2D eigenvalue weighted by molar-refractivity contribution is 6.36. The maximum absolute atomic E-state index is 14.8. The summed E-state index contributed by atoms with van der Waals surface area (Å²) in [5, 5.41) is 2.46. The standard InChI is InChI=1S/C23H25Cl2FN2/c1-13-9-17(24)20(18(25)10-13)22-21-16(15-7-5-6-8-19(15)27-21)11-14(2)28(22)12-23(3,4)26/h5-10,14,22,27H,11-12H2,1-4H3/t14-,22?/m1/s1. The number of aromatic amines is 1. The number of nitrogens with zero attached hydrogens (tertiary/aromatic N) is 1. The van der Waals surface area contributed by atoms with Gasteiger partial charge in [-0.3, -0.25) is 4.90 Å². The molecule has 5 heteroatoms. The van der Waals surface area contributed by atoms with E-state index >= 15 is 0 Å². The number of alkyl halides is 1. The molecule has 1 N–H and O–H groups in total. The molecule has 0 saturated carbocycles. The lowest BCUT2D eigenvalue weighted by atomic mass is 9.87. The van der Waals surface area contributed by atoms with Gasteiger partial charge < -0.3 is 4.98 Å². The second-order valence-corrected chi connectivity index (χ2v) is 9.37. The lowest BCUT2D eigenvalue weighted by Crippen LogP contribution is -2.48. The van der Waals surface area contributed by atoms with E-state index in [9.17, 15) is 4.39 Å². The van der Waals surface area contributed by atoms with Crippen molar-refractivity contribution in [1.82, 2.24) is 9.88 Å². The van der Waals surface area contributed by atoms with Crippen molar-refractivity contribution in [1.29, 1.82) is 0 Å². The number of fused-ring (bicyclic) bond motifs is 3. The van der Waals surface area contributed by atoms with Crippen molar-refractivity contribution < 1.29 is 4.39 Å². The summed E-state index contributed by atoms with van der Waals surface area (Å²) >= 11 is 13.4. The zero-order valence-electron chi connectivity index (χ0n) is 16.6. The molecule has 28 heavy (non-hydrogen) atoms. The Morgan fingerprint density at radius 2 is 1.82 bits per heavy atom. The van der Waals surface area contributed by atoms with Gasteiger partial charge in [0.15, 0.2) is 0 Å². The summed E-state index contributed by atoms with van der Waals surface area (Å²) in [4.78, 5) is 5.78. The van der Waals surface area contributed by atoms with E-state index in [0.29, 0.717) is 16.6 Å². The molecular weight excluding hydrogens is 394 g/mol. The first-order chi connectivity index (χ1) is 13.2. The number of rotatable bonds is 3. The topological polar surface area (TPSA) is 19.0 Å². The number of hydrogen-bond acceptors (Lipinski definition) is 1. The summed E-state index contributed by atoms with van der Waals surface area (Å²) in [6, 6.07) is 12.1. The molecule has 1 aliphatic heterocycles. The van der Waals surface area contributed by atoms with Crippen molar-refractivity contribution in [3.8, 4) is 0 Å². The first-order valence-electron chi connectivity index (χ1n) is 9.65. The van der Waals surface area contributed by atoms with Crippen LogP contribution in [0.15, 0.2) is 36.4 Å². The van der Waals surface area contributed by atoms with Crippen molar-refractivity contribution in [3.05, 3.63) is 68.8 Å². The van der Waals surface area contributed by atoms with Gasteiger partial charge in [-0.25, -0.2) is 4.39 Å². The molecule has 2 nitrogen and oxygen atoms in total. The zero-order valence-corrected chi connectivity index (χ0v) is 18.1. The Bertz CT molecular complexity index is 1010. The number of halogens is 3. The summed E-state index contributed by atoms with van der Waals surface area (Å²) in [6.07, 6.45) is 0.854. The zero-order chi connectivity index (χ0) is 20.2. The molecule has 0 radical (unpaired) electrons. The highest BCUT2D eigenvalue weighted by atomic mass is 35.5. The molecule has 2 heterocycles. The van der Waals surface area contributed by atoms with Gasteiger partial charge in [0.1, 0.15) is 5.67 Å². The van der Waals surface area contributed by atoms with Crippen molar-refractivity contribution in [2.45, 2.75) is 51.9 Å². The molecular formula is C23H25Cl2FN2. The van der Waals surface area contributed by atoms with E-state index in [0.717, 1.165) is 28.8 Å². The monoisotopic (exact) mass is 418 g/mol. The van der Waals surface area contributed by atoms with Crippen LogP contribution in [-0.2, 0) is 6.42 Å². The van der Waals surface area contributed by atoms with Crippen LogP contribution in [0.5, 0.6) is 0 Å². The lowest BCUT2D eigenvalue weighted by Gasteiger charge is -2.43. The van der Waals surface area contributed by atoms with Gasteiger partial charge in [-0.15, -0.1) is 0 Å². The summed E-state index contributed by atoms with van der Waals surface area (Å²) < 4.78 is 14.8. The highest BCUT2D eigenvalue weighted by Gasteiger charge is 2.40. The molecule has 0 fully saturated rings. The van der Waals surface area contributed by atoms with Crippen LogP contribution in [0.1, 0.15) is 49.2 Å². The van der Waals surface area contributed by atoms with Crippen molar-refractivity contribution in [2.24, 2.45) is 0 Å². The fraction of sp³-hybridized carbons (Fsp3) is 0.391. The molecule has 0 saturated heterocycles. The van der Waals surface area contributed by atoms with Gasteiger partial charge in [0.2, 0.25) is 0 Å². The number of para-hydroxylation sites is 1. The molecule has 1 unspecified atom stereocenters. The van der Waals surface area contributed by atoms with Gasteiger partial charge in [-0.05, 0) is 63.4 Å². The van der Waals surface area contributed by atoms with Gasteiger partial charge in [-0.2, -0.15) is 0 Å². The Morgan fingerprint density at radius 3 is 2.46 bits per heavy atom. The first kappa shape index (κ1) is 19.8. The highest BCUT2D eigenvalue weighted by Crippen LogP contribution is 2.45. The van der Waals surface area contributed by atoms with E-state index < -0.39 is 5.67 Å². The smallest absolute Gasteiger partial charge is 0.118 e. The third kappa shape index (κ3) is 3.45. The van der Waals surface area contributed by atoms with E-state index in [1.165, 1.54) is 10.9 Å². The molecule has 0 aliphatic carbocycles. The van der Waals surface area contributed by atoms with Crippen molar-refractivity contribution in [2.75, 3.05) is 6.54 Å². The molecule has 148 valence electrons. The molecule has 1 aliphatic rings. The number of benzene rings is 2. The van der Waals surface area contributed by atoms with E-state index in [2.05, 4.69) is 35.0 Å². The first-order valence-corrected chi connectivity index (χ1v) is 10.4. The fourth-order valence-corrected chi connectivity index (χ4v) is 5.27. The largest absolute Gasteiger partial charge is 0.357 e. The third-order valence-corrected chi connectivity index (χ3v) is 6.20. The van der Waals surface area contributed by atoms with Crippen LogP contribution in [0.2, 0.25) is 10.0 Å². The summed E-state index contributed by atoms with van der Waals surface area (Å²) in [6.45, 7) is 7.67. The van der Waals surface area contributed by atoms with Gasteiger partial charge in [0, 0.05) is 44.8 Å². The SMILES string of the molecule is Cc1cc(Cl)c(C2c3[nH]c4ccccc4c3C[C@@H](C)N2CC(C)(C)F)c(Cl)c1. The quantitative estimate of drug-likeness (QED) is 0.491. The second kappa shape index (κ2) is 7.05. The summed E-state index contributed by atoms with van der Waals surface area (Å²) in [5.41, 5.74) is 3.95. The Kier molecular flexibility index (Phi) is 4.97. The van der Waals surface area contributed by atoms with Gasteiger partial charge >= 0.3 is 0 Å². The van der Waals surface area contributed by atoms with Crippen LogP contribution >= 0.6 is 23.2 Å². The lowest BCUT2D eigenvalue weighted by molar-refractivity contribution is 0.0668. The minimum atomic E-state index is -1.33. The molecule has 4 rings (SSSR count). The second-order valence-electron chi connectivity index (χ2n) is 8.55. The van der Waals surface area contributed by atoms with Crippen LogP contribution < -0.4 is 0 Å². The molecule has 0 spiro atoms. The molecule has 2 aromatic carbocycles. The van der Waals surface area contributed by atoms with E-state index in [-0.39, 0.29) is 12.1 Å². The van der Waals surface area contributed by atoms with Crippen molar-refractivity contribution in [3.63, 3.8) is 0 Å². The summed E-state index contributed by atoms with van der Waals surface area (Å²) in [7, 11) is 0. The third-order valence-electron chi connectivity index (χ3n) is 5.57. The van der Waals surface area contributed by atoms with E-state index in [1.54, 1.807) is 13.8 Å². The molecule has 2 atom stereocenters.